The number of carbonyl (C=O) groups is 1. The number of hydrogen-bond acceptors (Lipinski definition) is 4. The number of rotatable bonds is 2. The summed E-state index contributed by atoms with van der Waals surface area (Å²) in [4.78, 5) is 25.0. The van der Waals surface area contributed by atoms with E-state index in [4.69, 9.17) is 23.2 Å². The van der Waals surface area contributed by atoms with E-state index in [0.717, 1.165) is 10.5 Å². The number of fused-ring (bicyclic) bond motifs is 1. The third-order valence-corrected chi connectivity index (χ3v) is 4.70. The molecule has 8 heteroatoms. The number of amides is 1. The van der Waals surface area contributed by atoms with Crippen LogP contribution in [-0.2, 0) is 4.79 Å². The molecule has 0 unspecified atom stereocenters. The highest BCUT2D eigenvalue weighted by atomic mass is 35.5. The van der Waals surface area contributed by atoms with Gasteiger partial charge >= 0.3 is 0 Å². The van der Waals surface area contributed by atoms with Crippen LogP contribution >= 0.6 is 34.5 Å². The summed E-state index contributed by atoms with van der Waals surface area (Å²) in [6.45, 7) is 1.50. The second-order valence-electron chi connectivity index (χ2n) is 4.45. The predicted octanol–water partition coefficient (Wildman–Crippen LogP) is 3.98. The average Bonchev–Trinajstić information content (AvgIpc) is 3.04. The summed E-state index contributed by atoms with van der Waals surface area (Å²) in [7, 11) is 1.70. The predicted molar refractivity (Wildman–Crippen MR) is 86.3 cm³/mol. The Kier molecular flexibility index (Phi) is 3.61. The number of aromatic nitrogens is 3. The van der Waals surface area contributed by atoms with Crippen molar-refractivity contribution < 1.29 is 4.79 Å². The summed E-state index contributed by atoms with van der Waals surface area (Å²) in [5.74, 6) is 0.510. The molecule has 0 fully saturated rings. The van der Waals surface area contributed by atoms with Gasteiger partial charge in [-0.05, 0) is 12.1 Å². The minimum atomic E-state index is -0.0669. The van der Waals surface area contributed by atoms with E-state index in [2.05, 4.69) is 15.0 Å². The maximum Gasteiger partial charge on any atom is 0.224 e. The van der Waals surface area contributed by atoms with Gasteiger partial charge in [-0.25, -0.2) is 9.97 Å². The molecule has 0 radical (unpaired) electrons. The second-order valence-corrected chi connectivity index (χ2v) is 6.10. The molecule has 0 bridgehead atoms. The van der Waals surface area contributed by atoms with Crippen LogP contribution < -0.4 is 4.90 Å². The van der Waals surface area contributed by atoms with Gasteiger partial charge in [-0.3, -0.25) is 4.79 Å². The molecule has 1 N–H and O–H groups in total. The Labute approximate surface area is 134 Å². The zero-order chi connectivity index (χ0) is 15.1. The van der Waals surface area contributed by atoms with Crippen molar-refractivity contribution in [3.63, 3.8) is 0 Å². The number of imidazole rings is 1. The highest BCUT2D eigenvalue weighted by Gasteiger charge is 2.18. The van der Waals surface area contributed by atoms with Crippen molar-refractivity contribution in [1.82, 2.24) is 15.0 Å². The van der Waals surface area contributed by atoms with Crippen LogP contribution in [0.15, 0.2) is 17.6 Å². The summed E-state index contributed by atoms with van der Waals surface area (Å²) < 4.78 is 0. The number of aromatic amines is 1. The monoisotopic (exact) mass is 340 g/mol. The van der Waals surface area contributed by atoms with Crippen LogP contribution in [0.5, 0.6) is 0 Å². The fourth-order valence-electron chi connectivity index (χ4n) is 1.90. The number of nitrogens with one attached hydrogen (secondary N) is 1. The van der Waals surface area contributed by atoms with Gasteiger partial charge in [0.1, 0.15) is 10.7 Å². The Hall–Kier alpha value is -1.63. The first-order valence-electron chi connectivity index (χ1n) is 6.00. The van der Waals surface area contributed by atoms with Crippen molar-refractivity contribution in [3.05, 3.63) is 27.7 Å². The number of carbonyl (C=O) groups excluding carboxylic acids is 1. The number of benzene rings is 1. The van der Waals surface area contributed by atoms with Crippen molar-refractivity contribution in [3.8, 4) is 11.5 Å². The van der Waals surface area contributed by atoms with Crippen molar-refractivity contribution >= 4 is 56.5 Å². The van der Waals surface area contributed by atoms with E-state index < -0.39 is 0 Å². The minimum Gasteiger partial charge on any atom is -0.337 e. The van der Waals surface area contributed by atoms with E-state index in [1.807, 2.05) is 0 Å². The summed E-state index contributed by atoms with van der Waals surface area (Å²) in [6, 6.07) is 3.41. The van der Waals surface area contributed by atoms with Gasteiger partial charge in [0, 0.05) is 14.0 Å². The Morgan fingerprint density at radius 2 is 2.05 bits per heavy atom. The molecule has 0 atom stereocenters. The number of halogens is 2. The van der Waals surface area contributed by atoms with Gasteiger partial charge in [0.15, 0.2) is 5.82 Å². The van der Waals surface area contributed by atoms with Gasteiger partial charge < -0.3 is 9.88 Å². The maximum absolute atomic E-state index is 11.5. The Morgan fingerprint density at radius 3 is 2.76 bits per heavy atom. The van der Waals surface area contributed by atoms with Gasteiger partial charge in [-0.15, -0.1) is 11.3 Å². The molecule has 0 aliphatic carbocycles. The number of nitrogens with zero attached hydrogens (tertiary/aromatic N) is 3. The Balaban J connectivity index is 2.13. The van der Waals surface area contributed by atoms with Crippen LogP contribution in [0.2, 0.25) is 10.0 Å². The number of H-pyrrole nitrogens is 1. The first kappa shape index (κ1) is 14.3. The summed E-state index contributed by atoms with van der Waals surface area (Å²) in [5, 5.41) is 1.64. The standard InChI is InChI=1S/C13H10Cl2N4OS/c1-6(20)19(2)13-11(16-5-21-13)12-17-9-3-7(14)8(15)4-10(9)18-12/h3-5H,1-2H3,(H,17,18). The molecule has 2 aromatic heterocycles. The van der Waals surface area contributed by atoms with Crippen molar-refractivity contribution in [2.45, 2.75) is 6.92 Å². The van der Waals surface area contributed by atoms with E-state index in [9.17, 15) is 4.79 Å². The third kappa shape index (κ3) is 2.50. The zero-order valence-electron chi connectivity index (χ0n) is 11.1. The lowest BCUT2D eigenvalue weighted by molar-refractivity contribution is -0.116. The van der Waals surface area contributed by atoms with Crippen LogP contribution in [0.25, 0.3) is 22.6 Å². The summed E-state index contributed by atoms with van der Waals surface area (Å²) >= 11 is 13.4. The molecule has 21 heavy (non-hydrogen) atoms. The Bertz CT molecular complexity index is 803. The van der Waals surface area contributed by atoms with Crippen LogP contribution in [0.4, 0.5) is 5.00 Å². The quantitative estimate of drug-likeness (QED) is 0.767. The third-order valence-electron chi connectivity index (χ3n) is 3.07. The average molecular weight is 341 g/mol. The van der Waals surface area contributed by atoms with E-state index in [1.54, 1.807) is 29.6 Å². The Morgan fingerprint density at radius 1 is 1.33 bits per heavy atom. The summed E-state index contributed by atoms with van der Waals surface area (Å²) in [6.07, 6.45) is 0. The highest BCUT2D eigenvalue weighted by Crippen LogP contribution is 2.34. The molecular formula is C13H10Cl2N4OS. The lowest BCUT2D eigenvalue weighted by Gasteiger charge is -2.12. The van der Waals surface area contributed by atoms with Crippen LogP contribution in [-0.4, -0.2) is 27.9 Å². The van der Waals surface area contributed by atoms with Crippen LogP contribution in [0.1, 0.15) is 6.92 Å². The molecule has 0 saturated heterocycles. The van der Waals surface area contributed by atoms with Crippen molar-refractivity contribution in [1.29, 1.82) is 0 Å². The SMILES string of the molecule is CC(=O)N(C)c1scnc1-c1nc2cc(Cl)c(Cl)cc2[nH]1. The molecule has 0 saturated carbocycles. The zero-order valence-corrected chi connectivity index (χ0v) is 13.5. The smallest absolute Gasteiger partial charge is 0.224 e. The van der Waals surface area contributed by atoms with Gasteiger partial charge in [-0.2, -0.15) is 0 Å². The molecule has 1 amide bonds. The van der Waals surface area contributed by atoms with Crippen molar-refractivity contribution in [2.75, 3.05) is 11.9 Å². The molecule has 3 aromatic rings. The van der Waals surface area contributed by atoms with E-state index >= 15 is 0 Å². The molecule has 108 valence electrons. The van der Waals surface area contributed by atoms with Gasteiger partial charge in [0.05, 0.1) is 26.6 Å². The van der Waals surface area contributed by atoms with Gasteiger partial charge in [0.2, 0.25) is 5.91 Å². The molecule has 0 aliphatic rings. The number of thiazole rings is 1. The molecule has 0 spiro atoms. The molecule has 0 aliphatic heterocycles. The molecule has 5 nitrogen and oxygen atoms in total. The molecule has 3 rings (SSSR count). The molecular weight excluding hydrogens is 331 g/mol. The number of hydrogen-bond donors (Lipinski definition) is 1. The van der Waals surface area contributed by atoms with E-state index in [-0.39, 0.29) is 5.91 Å². The minimum absolute atomic E-state index is 0.0669. The fraction of sp³-hybridized carbons (Fsp3) is 0.154. The van der Waals surface area contributed by atoms with Gasteiger partial charge in [0.25, 0.3) is 0 Å². The van der Waals surface area contributed by atoms with E-state index in [0.29, 0.717) is 27.1 Å². The topological polar surface area (TPSA) is 61.9 Å². The normalized spacial score (nSPS) is 11.0. The fourth-order valence-corrected chi connectivity index (χ4v) is 3.03. The van der Waals surface area contributed by atoms with Crippen molar-refractivity contribution in [2.24, 2.45) is 0 Å². The first-order chi connectivity index (χ1) is 9.97. The van der Waals surface area contributed by atoms with Crippen LogP contribution in [0, 0.1) is 0 Å². The maximum atomic E-state index is 11.5. The largest absolute Gasteiger partial charge is 0.337 e. The number of anilines is 1. The molecule has 1 aromatic carbocycles. The highest BCUT2D eigenvalue weighted by molar-refractivity contribution is 7.14. The molecule has 2 heterocycles. The van der Waals surface area contributed by atoms with Gasteiger partial charge in [-0.1, -0.05) is 23.2 Å². The lowest BCUT2D eigenvalue weighted by atomic mass is 10.3. The summed E-state index contributed by atoms with van der Waals surface area (Å²) in [5.41, 5.74) is 3.77. The van der Waals surface area contributed by atoms with Crippen LogP contribution in [0.3, 0.4) is 0 Å². The lowest BCUT2D eigenvalue weighted by Crippen LogP contribution is -2.22. The second kappa shape index (κ2) is 5.29. The first-order valence-corrected chi connectivity index (χ1v) is 7.64. The van der Waals surface area contributed by atoms with E-state index in [1.165, 1.54) is 18.3 Å².